The number of carboxylic acids is 1. The molecule has 1 saturated heterocycles. The molecule has 0 aromatic carbocycles. The minimum atomic E-state index is -1.15. The summed E-state index contributed by atoms with van der Waals surface area (Å²) >= 11 is 6.32. The zero-order chi connectivity index (χ0) is 23.8. The van der Waals surface area contributed by atoms with E-state index in [0.717, 1.165) is 0 Å². The van der Waals surface area contributed by atoms with Gasteiger partial charge in [0.05, 0.1) is 18.9 Å². The number of hydrogen-bond donors (Lipinski definition) is 2. The summed E-state index contributed by atoms with van der Waals surface area (Å²) in [4.78, 5) is 35.1. The van der Waals surface area contributed by atoms with E-state index < -0.39 is 42.3 Å². The molecule has 2 aliphatic rings. The van der Waals surface area contributed by atoms with Gasteiger partial charge in [-0.1, -0.05) is 35.4 Å². The van der Waals surface area contributed by atoms with Gasteiger partial charge in [-0.05, 0) is 38.7 Å². The highest BCUT2D eigenvalue weighted by atomic mass is 35.5. The maximum absolute atomic E-state index is 12.7. The summed E-state index contributed by atoms with van der Waals surface area (Å²) in [6.45, 7) is 4.64. The third-order valence-corrected chi connectivity index (χ3v) is 5.71. The molecule has 8 nitrogen and oxygen atoms in total. The second-order valence-electron chi connectivity index (χ2n) is 8.24. The Morgan fingerprint density at radius 1 is 1.34 bits per heavy atom. The largest absolute Gasteiger partial charge is 0.481 e. The van der Waals surface area contributed by atoms with Gasteiger partial charge in [-0.3, -0.25) is 14.4 Å². The van der Waals surface area contributed by atoms with E-state index >= 15 is 0 Å². The zero-order valence-corrected chi connectivity index (χ0v) is 19.3. The predicted molar refractivity (Wildman–Crippen MR) is 117 cm³/mol. The fourth-order valence-electron chi connectivity index (χ4n) is 3.81. The van der Waals surface area contributed by atoms with Crippen molar-refractivity contribution in [1.29, 1.82) is 0 Å². The molecule has 2 rings (SSSR count). The number of carbonyl (C=O) groups excluding carboxylic acids is 2. The Labute approximate surface area is 192 Å². The number of aliphatic carboxylic acids is 1. The summed E-state index contributed by atoms with van der Waals surface area (Å²) < 4.78 is 16.9. The monoisotopic (exact) mass is 470 g/mol. The molecule has 0 radical (unpaired) electrons. The molecule has 1 fully saturated rings. The first-order valence-electron chi connectivity index (χ1n) is 10.7. The summed E-state index contributed by atoms with van der Waals surface area (Å²) in [6, 6.07) is 0. The predicted octanol–water partition coefficient (Wildman–Crippen LogP) is 3.41. The smallest absolute Gasteiger partial charge is 0.310 e. The summed E-state index contributed by atoms with van der Waals surface area (Å²) in [7, 11) is 0. The number of aliphatic hydroxyl groups excluding tert-OH is 1. The summed E-state index contributed by atoms with van der Waals surface area (Å²) in [5, 5.41) is 20.3. The van der Waals surface area contributed by atoms with Crippen LogP contribution in [0.2, 0.25) is 0 Å². The average Bonchev–Trinajstić information content (AvgIpc) is 3.06. The average molecular weight is 471 g/mol. The molecule has 2 heterocycles. The zero-order valence-electron chi connectivity index (χ0n) is 18.6. The molecule has 0 aromatic heterocycles. The lowest BCUT2D eigenvalue weighted by Crippen LogP contribution is -2.37. The lowest BCUT2D eigenvalue weighted by molar-refractivity contribution is -0.159. The number of carbonyl (C=O) groups is 3. The maximum atomic E-state index is 12.7. The van der Waals surface area contributed by atoms with Gasteiger partial charge in [0.2, 0.25) is 0 Å². The lowest BCUT2D eigenvalue weighted by Gasteiger charge is -2.24. The Morgan fingerprint density at radius 2 is 2.06 bits per heavy atom. The van der Waals surface area contributed by atoms with Crippen LogP contribution in [0.1, 0.15) is 59.3 Å². The first-order valence-corrected chi connectivity index (χ1v) is 11.0. The van der Waals surface area contributed by atoms with Crippen molar-refractivity contribution in [2.45, 2.75) is 89.8 Å². The van der Waals surface area contributed by atoms with Crippen molar-refractivity contribution in [2.24, 2.45) is 0 Å². The fourth-order valence-corrected chi connectivity index (χ4v) is 4.01. The van der Waals surface area contributed by atoms with Gasteiger partial charge in [0.25, 0.3) is 0 Å². The number of halogens is 1. The van der Waals surface area contributed by atoms with Crippen LogP contribution in [0.3, 0.4) is 0 Å². The highest BCUT2D eigenvalue weighted by Crippen LogP contribution is 2.31. The van der Waals surface area contributed by atoms with E-state index in [9.17, 15) is 19.5 Å². The van der Waals surface area contributed by atoms with Crippen LogP contribution >= 0.6 is 11.6 Å². The van der Waals surface area contributed by atoms with Crippen LogP contribution in [0.4, 0.5) is 0 Å². The molecule has 0 aromatic rings. The molecule has 32 heavy (non-hydrogen) atoms. The third-order valence-electron chi connectivity index (χ3n) is 5.37. The number of esters is 2. The van der Waals surface area contributed by atoms with Crippen molar-refractivity contribution < 1.29 is 38.8 Å². The molecule has 178 valence electrons. The second kappa shape index (κ2) is 12.2. The second-order valence-corrected chi connectivity index (χ2v) is 8.72. The van der Waals surface area contributed by atoms with Crippen LogP contribution in [-0.2, 0) is 28.6 Å². The van der Waals surface area contributed by atoms with Crippen molar-refractivity contribution in [2.75, 3.05) is 0 Å². The van der Waals surface area contributed by atoms with Crippen LogP contribution in [0.15, 0.2) is 34.4 Å². The van der Waals surface area contributed by atoms with Gasteiger partial charge in [-0.15, -0.1) is 0 Å². The molecule has 0 aliphatic carbocycles. The first kappa shape index (κ1) is 26.1. The van der Waals surface area contributed by atoms with Crippen molar-refractivity contribution in [3.63, 3.8) is 0 Å². The van der Waals surface area contributed by atoms with E-state index in [0.29, 0.717) is 41.9 Å². The van der Waals surface area contributed by atoms with Gasteiger partial charge in [-0.25, -0.2) is 0 Å². The molecule has 5 unspecified atom stereocenters. The summed E-state index contributed by atoms with van der Waals surface area (Å²) in [5.41, 5.74) is 1.17. The molecule has 9 heteroatoms. The number of hydrogen-bond acceptors (Lipinski definition) is 7. The number of allylic oxidation sites excluding steroid dienone is 3. The molecule has 0 amide bonds. The maximum Gasteiger partial charge on any atom is 0.310 e. The first-order chi connectivity index (χ1) is 15.0. The lowest BCUT2D eigenvalue weighted by atomic mass is 10.0. The Balaban J connectivity index is 2.25. The van der Waals surface area contributed by atoms with Gasteiger partial charge in [-0.2, -0.15) is 0 Å². The normalized spacial score (nSPS) is 28.7. The summed E-state index contributed by atoms with van der Waals surface area (Å²) in [5.74, 6) is -2.10. The van der Waals surface area contributed by atoms with E-state index in [2.05, 4.69) is 0 Å². The topological polar surface area (TPSA) is 119 Å². The molecular formula is C23H31ClO8. The van der Waals surface area contributed by atoms with Crippen LogP contribution in [0.25, 0.3) is 0 Å². The Kier molecular flexibility index (Phi) is 9.93. The third kappa shape index (κ3) is 8.41. The molecule has 5 atom stereocenters. The number of fused-ring (bicyclic) bond motifs is 2. The standard InChI is InChI=1S/C23H31ClO8/c1-13(10-21(27)28)9-18(26)23-20-11-17(31-23)8-7-16(24)6-4-5-14(2)19(30-15(3)25)12-22(29)32-20/h5-6,9,17-20,23,26H,4,7-8,10-12H2,1-3H3,(H,27,28). The van der Waals surface area contributed by atoms with Gasteiger partial charge >= 0.3 is 17.9 Å². The van der Waals surface area contributed by atoms with Crippen molar-refractivity contribution in [1.82, 2.24) is 0 Å². The van der Waals surface area contributed by atoms with E-state index in [1.807, 2.05) is 12.2 Å². The minimum Gasteiger partial charge on any atom is -0.481 e. The van der Waals surface area contributed by atoms with Crippen LogP contribution in [0.5, 0.6) is 0 Å². The molecular weight excluding hydrogens is 440 g/mol. The molecule has 2 aliphatic heterocycles. The van der Waals surface area contributed by atoms with Gasteiger partial charge in [0.15, 0.2) is 0 Å². The summed E-state index contributed by atoms with van der Waals surface area (Å²) in [6.07, 6.45) is 3.01. The van der Waals surface area contributed by atoms with E-state index in [-0.39, 0.29) is 18.9 Å². The van der Waals surface area contributed by atoms with Crippen LogP contribution in [0, 0.1) is 0 Å². The number of aliphatic hydroxyl groups is 1. The van der Waals surface area contributed by atoms with Crippen molar-refractivity contribution in [3.8, 4) is 0 Å². The van der Waals surface area contributed by atoms with Crippen molar-refractivity contribution >= 4 is 29.5 Å². The minimum absolute atomic E-state index is 0.169. The van der Waals surface area contributed by atoms with Crippen molar-refractivity contribution in [3.05, 3.63) is 34.4 Å². The number of ether oxygens (including phenoxy) is 3. The molecule has 2 N–H and O–H groups in total. The highest BCUT2D eigenvalue weighted by molar-refractivity contribution is 6.29. The number of carboxylic acid groups (broad SMARTS) is 1. The van der Waals surface area contributed by atoms with Crippen LogP contribution < -0.4 is 0 Å². The Bertz CT molecular complexity index is 800. The fraction of sp³-hybridized carbons (Fsp3) is 0.609. The number of rotatable bonds is 5. The Morgan fingerprint density at radius 3 is 2.72 bits per heavy atom. The molecule has 2 bridgehead atoms. The van der Waals surface area contributed by atoms with E-state index in [1.54, 1.807) is 13.8 Å². The van der Waals surface area contributed by atoms with Crippen LogP contribution in [-0.4, -0.2) is 58.6 Å². The molecule has 0 spiro atoms. The van der Waals surface area contributed by atoms with Gasteiger partial charge < -0.3 is 24.4 Å². The molecule has 0 saturated carbocycles. The highest BCUT2D eigenvalue weighted by Gasteiger charge is 2.41. The van der Waals surface area contributed by atoms with Gasteiger partial charge in [0.1, 0.15) is 24.4 Å². The Hall–Kier alpha value is -2.16. The van der Waals surface area contributed by atoms with E-state index in [4.69, 9.17) is 30.9 Å². The van der Waals surface area contributed by atoms with Gasteiger partial charge in [0, 0.05) is 18.4 Å². The quantitative estimate of drug-likeness (QED) is 0.463. The van der Waals surface area contributed by atoms with E-state index in [1.165, 1.54) is 13.0 Å². The SMILES string of the molecule is CC(=O)OC1CC(=O)OC2CC(CCC(Cl)=CCC=C1C)OC2C(O)C=C(C)CC(=O)O.